The lowest BCUT2D eigenvalue weighted by Crippen LogP contribution is -2.10. The van der Waals surface area contributed by atoms with Gasteiger partial charge in [-0.1, -0.05) is 152 Å². The normalized spacial score (nSPS) is 11.3. The lowest BCUT2D eigenvalue weighted by Gasteiger charge is -2.27. The zero-order chi connectivity index (χ0) is 35.8. The molecular weight excluding hydrogens is 653 g/mol. The average molecular weight is 689 g/mol. The molecule has 9 aromatic carbocycles. The lowest BCUT2D eigenvalue weighted by molar-refractivity contribution is 1.18. The van der Waals surface area contributed by atoms with Crippen molar-refractivity contribution < 1.29 is 0 Å². The molecule has 0 aliphatic carbocycles. The average Bonchev–Trinajstić information content (AvgIpc) is 3.58. The fraction of sp³-hybridized carbons (Fsp3) is 0. The molecule has 10 aromatic rings. The zero-order valence-electron chi connectivity index (χ0n) is 29.7. The maximum atomic E-state index is 2.37. The highest BCUT2D eigenvalue weighted by atomic mass is 15.1. The van der Waals surface area contributed by atoms with E-state index >= 15 is 0 Å². The number of fused-ring (bicyclic) bond motifs is 4. The van der Waals surface area contributed by atoms with Crippen LogP contribution in [0.5, 0.6) is 0 Å². The summed E-state index contributed by atoms with van der Waals surface area (Å²) >= 11 is 0. The molecule has 0 bridgehead atoms. The van der Waals surface area contributed by atoms with Crippen LogP contribution < -0.4 is 4.90 Å². The van der Waals surface area contributed by atoms with E-state index < -0.39 is 0 Å². The largest absolute Gasteiger partial charge is 0.310 e. The van der Waals surface area contributed by atoms with Crippen molar-refractivity contribution in [2.75, 3.05) is 4.90 Å². The molecule has 0 saturated carbocycles. The first-order chi connectivity index (χ1) is 26.8. The van der Waals surface area contributed by atoms with E-state index in [4.69, 9.17) is 0 Å². The highest BCUT2D eigenvalue weighted by Gasteiger charge is 2.17. The Labute approximate surface area is 315 Å². The predicted molar refractivity (Wildman–Crippen MR) is 229 cm³/mol. The third-order valence-corrected chi connectivity index (χ3v) is 10.6. The van der Waals surface area contributed by atoms with E-state index in [1.54, 1.807) is 0 Å². The first-order valence-electron chi connectivity index (χ1n) is 18.5. The molecule has 254 valence electrons. The van der Waals surface area contributed by atoms with Gasteiger partial charge in [0.1, 0.15) is 0 Å². The van der Waals surface area contributed by atoms with Crippen molar-refractivity contribution in [2.24, 2.45) is 0 Å². The molecule has 0 atom stereocenters. The Hall–Kier alpha value is -7.16. The molecule has 0 N–H and O–H groups in total. The Morgan fingerprint density at radius 2 is 0.852 bits per heavy atom. The van der Waals surface area contributed by atoms with Gasteiger partial charge < -0.3 is 9.47 Å². The second-order valence-electron chi connectivity index (χ2n) is 13.8. The maximum absolute atomic E-state index is 2.37. The van der Waals surface area contributed by atoms with Crippen LogP contribution in [0.15, 0.2) is 218 Å². The van der Waals surface area contributed by atoms with Gasteiger partial charge in [0.05, 0.1) is 11.0 Å². The molecule has 1 heterocycles. The second-order valence-corrected chi connectivity index (χ2v) is 13.8. The van der Waals surface area contributed by atoms with E-state index in [0.29, 0.717) is 0 Å². The molecule has 0 fully saturated rings. The van der Waals surface area contributed by atoms with Gasteiger partial charge in [-0.05, 0) is 111 Å². The van der Waals surface area contributed by atoms with Crippen LogP contribution in [0.3, 0.4) is 0 Å². The molecule has 0 radical (unpaired) electrons. The summed E-state index contributed by atoms with van der Waals surface area (Å²) in [5.41, 5.74) is 14.1. The van der Waals surface area contributed by atoms with Gasteiger partial charge in [0, 0.05) is 33.5 Å². The Morgan fingerprint density at radius 1 is 0.296 bits per heavy atom. The fourth-order valence-electron chi connectivity index (χ4n) is 7.99. The number of hydrogen-bond acceptors (Lipinski definition) is 1. The molecule has 2 nitrogen and oxygen atoms in total. The SMILES string of the molecule is c1ccc(-c2ccc(N(c3cccc(-c4ccccc4-c4ccc5c(c4)c4ccccc4n5-c4ccccc4)c3)c3ccc4ccccc4c3)cc2)cc1. The van der Waals surface area contributed by atoms with Crippen molar-refractivity contribution in [3.05, 3.63) is 218 Å². The van der Waals surface area contributed by atoms with Gasteiger partial charge in [-0.2, -0.15) is 0 Å². The molecule has 0 aliphatic rings. The number of nitrogens with zero attached hydrogens (tertiary/aromatic N) is 2. The summed E-state index contributed by atoms with van der Waals surface area (Å²) in [7, 11) is 0. The molecule has 0 aliphatic heterocycles. The van der Waals surface area contributed by atoms with Crippen LogP contribution in [0.4, 0.5) is 17.1 Å². The molecule has 0 amide bonds. The van der Waals surface area contributed by atoms with E-state index in [2.05, 4.69) is 228 Å². The van der Waals surface area contributed by atoms with E-state index in [-0.39, 0.29) is 0 Å². The monoisotopic (exact) mass is 688 g/mol. The highest BCUT2D eigenvalue weighted by molar-refractivity contribution is 6.11. The minimum atomic E-state index is 1.10. The lowest BCUT2D eigenvalue weighted by atomic mass is 9.93. The summed E-state index contributed by atoms with van der Waals surface area (Å²) < 4.78 is 2.37. The molecule has 1 aromatic heterocycles. The van der Waals surface area contributed by atoms with Gasteiger partial charge in [-0.25, -0.2) is 0 Å². The Kier molecular flexibility index (Phi) is 7.85. The van der Waals surface area contributed by atoms with Crippen LogP contribution in [-0.4, -0.2) is 4.57 Å². The Balaban J connectivity index is 1.10. The quantitative estimate of drug-likeness (QED) is 0.162. The van der Waals surface area contributed by atoms with Crippen molar-refractivity contribution in [3.8, 4) is 39.1 Å². The van der Waals surface area contributed by atoms with Crippen molar-refractivity contribution >= 4 is 49.6 Å². The molecule has 2 heteroatoms. The first-order valence-corrected chi connectivity index (χ1v) is 18.5. The summed E-state index contributed by atoms with van der Waals surface area (Å²) in [4.78, 5) is 2.37. The van der Waals surface area contributed by atoms with E-state index in [0.717, 1.165) is 17.1 Å². The van der Waals surface area contributed by atoms with Gasteiger partial charge >= 0.3 is 0 Å². The summed E-state index contributed by atoms with van der Waals surface area (Å²) in [5, 5.41) is 4.94. The smallest absolute Gasteiger partial charge is 0.0541 e. The number of aromatic nitrogens is 1. The summed E-state index contributed by atoms with van der Waals surface area (Å²) in [6.07, 6.45) is 0. The van der Waals surface area contributed by atoms with Gasteiger partial charge in [-0.3, -0.25) is 0 Å². The van der Waals surface area contributed by atoms with Gasteiger partial charge in [-0.15, -0.1) is 0 Å². The summed E-state index contributed by atoms with van der Waals surface area (Å²) in [6.45, 7) is 0. The summed E-state index contributed by atoms with van der Waals surface area (Å²) in [6, 6.07) is 78.9. The topological polar surface area (TPSA) is 8.17 Å². The van der Waals surface area contributed by atoms with Gasteiger partial charge in [0.25, 0.3) is 0 Å². The van der Waals surface area contributed by atoms with Crippen LogP contribution in [0.2, 0.25) is 0 Å². The number of para-hydroxylation sites is 2. The molecule has 0 unspecified atom stereocenters. The zero-order valence-corrected chi connectivity index (χ0v) is 29.7. The second kappa shape index (κ2) is 13.4. The van der Waals surface area contributed by atoms with Crippen LogP contribution in [0.1, 0.15) is 0 Å². The maximum Gasteiger partial charge on any atom is 0.0541 e. The Bertz CT molecular complexity index is 2920. The third kappa shape index (κ3) is 5.62. The molecule has 54 heavy (non-hydrogen) atoms. The molecule has 10 rings (SSSR count). The van der Waals surface area contributed by atoms with Crippen LogP contribution in [-0.2, 0) is 0 Å². The number of rotatable bonds is 7. The van der Waals surface area contributed by atoms with Crippen LogP contribution in [0.25, 0.3) is 71.6 Å². The molecule has 0 spiro atoms. The predicted octanol–water partition coefficient (Wildman–Crippen LogP) is 14.4. The number of anilines is 3. The van der Waals surface area contributed by atoms with Gasteiger partial charge in [0.2, 0.25) is 0 Å². The molecule has 0 saturated heterocycles. The van der Waals surface area contributed by atoms with Crippen LogP contribution in [0, 0.1) is 0 Å². The Morgan fingerprint density at radius 3 is 1.65 bits per heavy atom. The van der Waals surface area contributed by atoms with Crippen molar-refractivity contribution in [2.45, 2.75) is 0 Å². The molecular formula is C52H36N2. The number of benzene rings is 9. The van der Waals surface area contributed by atoms with Crippen molar-refractivity contribution in [3.63, 3.8) is 0 Å². The van der Waals surface area contributed by atoms with E-state index in [1.807, 2.05) is 0 Å². The standard InChI is InChI=1S/C52H36N2/c1-3-14-37(15-4-1)39-26-30-44(31-27-39)53(46-32-28-38-16-7-8-17-40(38)34-46)45-21-13-18-41(35-45)47-22-9-10-23-48(47)42-29-33-52-50(36-42)49-24-11-12-25-51(49)54(52)43-19-5-2-6-20-43/h1-36H. The summed E-state index contributed by atoms with van der Waals surface area (Å²) in [5.74, 6) is 0. The highest BCUT2D eigenvalue weighted by Crippen LogP contribution is 2.41. The minimum absolute atomic E-state index is 1.10. The first kappa shape index (κ1) is 31.6. The number of hydrogen-bond donors (Lipinski definition) is 0. The fourth-order valence-corrected chi connectivity index (χ4v) is 7.99. The van der Waals surface area contributed by atoms with Crippen molar-refractivity contribution in [1.82, 2.24) is 4.57 Å². The third-order valence-electron chi connectivity index (χ3n) is 10.6. The van der Waals surface area contributed by atoms with Crippen LogP contribution >= 0.6 is 0 Å². The van der Waals surface area contributed by atoms with E-state index in [9.17, 15) is 0 Å². The van der Waals surface area contributed by atoms with E-state index in [1.165, 1.54) is 71.6 Å². The van der Waals surface area contributed by atoms with Gasteiger partial charge in [0.15, 0.2) is 0 Å². The van der Waals surface area contributed by atoms with Crippen molar-refractivity contribution in [1.29, 1.82) is 0 Å². The minimum Gasteiger partial charge on any atom is -0.310 e.